The van der Waals surface area contributed by atoms with Crippen LogP contribution >= 0.6 is 0 Å². The van der Waals surface area contributed by atoms with E-state index in [0.29, 0.717) is 5.76 Å². The van der Waals surface area contributed by atoms with Gasteiger partial charge in [-0.3, -0.25) is 0 Å². The summed E-state index contributed by atoms with van der Waals surface area (Å²) in [4.78, 5) is 5.05. The number of aliphatic hydroxyl groups is 1. The smallest absolute Gasteiger partial charge is 0.118 e. The maximum absolute atomic E-state index is 10.2. The third kappa shape index (κ3) is 4.69. The minimum atomic E-state index is 0.0391. The molecule has 5 rings (SSSR count). The lowest BCUT2D eigenvalue weighted by molar-refractivity contribution is 0.295. The van der Waals surface area contributed by atoms with Crippen molar-refractivity contribution in [3.63, 3.8) is 0 Å². The number of nitrogens with zero attached hydrogens (tertiary/aromatic N) is 2. The molecule has 0 aliphatic carbocycles. The van der Waals surface area contributed by atoms with Crippen LogP contribution in [0.25, 0.3) is 5.76 Å². The van der Waals surface area contributed by atoms with Gasteiger partial charge >= 0.3 is 0 Å². The normalized spacial score (nSPS) is 19.6. The molecule has 4 nitrogen and oxygen atoms in total. The number of anilines is 3. The maximum Gasteiger partial charge on any atom is 0.118 e. The van der Waals surface area contributed by atoms with Gasteiger partial charge in [-0.15, -0.1) is 0 Å². The summed E-state index contributed by atoms with van der Waals surface area (Å²) in [6.07, 6.45) is 2.71. The molecule has 3 aromatic carbocycles. The second-order valence-corrected chi connectivity index (χ2v) is 11.1. The minimum Gasteiger partial charge on any atom is -0.508 e. The lowest BCUT2D eigenvalue weighted by atomic mass is 9.72. The molecule has 1 atom stereocenters. The van der Waals surface area contributed by atoms with E-state index in [9.17, 15) is 5.11 Å². The van der Waals surface area contributed by atoms with Crippen molar-refractivity contribution in [2.75, 3.05) is 41.3 Å². The third-order valence-electron chi connectivity index (χ3n) is 7.94. The second-order valence-electron chi connectivity index (χ2n) is 11.1. The Labute approximate surface area is 216 Å². The first-order valence-electron chi connectivity index (χ1n) is 13.2. The van der Waals surface area contributed by atoms with Crippen LogP contribution in [0.1, 0.15) is 54.6 Å². The van der Waals surface area contributed by atoms with Crippen molar-refractivity contribution in [1.82, 2.24) is 0 Å². The standard InChI is InChI=1S/C32H39N3O/c1-6-30(36)24-11-12-28-26(19-24)21-32(4,5)31(33-28)25-8-7-9-27(20-25)34-14-16-35(17-15-34)29-13-10-22(2)18-23(29)3/h6-13,18-20,31,33,36H,14-17,21H2,1-5H3. The zero-order valence-corrected chi connectivity index (χ0v) is 22.3. The zero-order valence-electron chi connectivity index (χ0n) is 22.3. The SMILES string of the molecule is CC=C(O)c1ccc2c(c1)CC(C)(C)C(c1cccc(N3CCN(c4ccc(C)cc4C)CC3)c1)N2. The number of aliphatic hydroxyl groups excluding tert-OH is 1. The second kappa shape index (κ2) is 9.57. The monoisotopic (exact) mass is 481 g/mol. The number of piperazine rings is 1. The Kier molecular flexibility index (Phi) is 6.46. The van der Waals surface area contributed by atoms with Gasteiger partial charge in [0.15, 0.2) is 0 Å². The minimum absolute atomic E-state index is 0.0391. The van der Waals surface area contributed by atoms with Gasteiger partial charge in [-0.2, -0.15) is 0 Å². The topological polar surface area (TPSA) is 38.7 Å². The molecular formula is C32H39N3O. The summed E-state index contributed by atoms with van der Waals surface area (Å²) in [7, 11) is 0. The number of benzene rings is 3. The predicted molar refractivity (Wildman–Crippen MR) is 153 cm³/mol. The van der Waals surface area contributed by atoms with Crippen LogP contribution in [0.5, 0.6) is 0 Å². The van der Waals surface area contributed by atoms with Crippen molar-refractivity contribution in [2.45, 2.75) is 47.1 Å². The molecule has 1 fully saturated rings. The van der Waals surface area contributed by atoms with E-state index in [1.54, 1.807) is 6.08 Å². The fourth-order valence-electron chi connectivity index (χ4n) is 5.95. The van der Waals surface area contributed by atoms with Gasteiger partial charge in [-0.25, -0.2) is 0 Å². The largest absolute Gasteiger partial charge is 0.508 e. The van der Waals surface area contributed by atoms with Gasteiger partial charge < -0.3 is 20.2 Å². The average Bonchev–Trinajstić information content (AvgIpc) is 2.87. The molecule has 0 radical (unpaired) electrons. The first kappa shape index (κ1) is 24.3. The first-order chi connectivity index (χ1) is 17.2. The predicted octanol–water partition coefficient (Wildman–Crippen LogP) is 7.28. The molecule has 0 aromatic heterocycles. The summed E-state index contributed by atoms with van der Waals surface area (Å²) in [5.74, 6) is 0.336. The summed E-state index contributed by atoms with van der Waals surface area (Å²) in [6, 6.07) is 22.4. The van der Waals surface area contributed by atoms with Gasteiger partial charge in [0.2, 0.25) is 0 Å². The van der Waals surface area contributed by atoms with Crippen LogP contribution < -0.4 is 15.1 Å². The zero-order chi connectivity index (χ0) is 25.4. The number of fused-ring (bicyclic) bond motifs is 1. The van der Waals surface area contributed by atoms with Gasteiger partial charge in [0.1, 0.15) is 5.76 Å². The number of hydrogen-bond acceptors (Lipinski definition) is 4. The van der Waals surface area contributed by atoms with Crippen LogP contribution in [-0.2, 0) is 6.42 Å². The molecule has 0 amide bonds. The van der Waals surface area contributed by atoms with E-state index in [1.807, 2.05) is 13.0 Å². The molecular weight excluding hydrogens is 442 g/mol. The van der Waals surface area contributed by atoms with Crippen molar-refractivity contribution < 1.29 is 5.11 Å². The van der Waals surface area contributed by atoms with Crippen LogP contribution in [0.15, 0.2) is 66.7 Å². The molecule has 36 heavy (non-hydrogen) atoms. The molecule has 4 heteroatoms. The Morgan fingerprint density at radius 1 is 0.944 bits per heavy atom. The van der Waals surface area contributed by atoms with E-state index in [1.165, 1.54) is 39.3 Å². The summed E-state index contributed by atoms with van der Waals surface area (Å²) < 4.78 is 0. The number of aryl methyl sites for hydroxylation is 2. The van der Waals surface area contributed by atoms with E-state index < -0.39 is 0 Å². The quantitative estimate of drug-likeness (QED) is 0.384. The molecule has 1 saturated heterocycles. The summed E-state index contributed by atoms with van der Waals surface area (Å²) in [5, 5.41) is 14.0. The Hall–Kier alpha value is -3.40. The maximum atomic E-state index is 10.2. The molecule has 188 valence electrons. The highest BCUT2D eigenvalue weighted by Crippen LogP contribution is 2.45. The van der Waals surface area contributed by atoms with E-state index in [4.69, 9.17) is 0 Å². The summed E-state index contributed by atoms with van der Waals surface area (Å²) >= 11 is 0. The molecule has 2 heterocycles. The first-order valence-corrected chi connectivity index (χ1v) is 13.2. The lowest BCUT2D eigenvalue weighted by Gasteiger charge is -2.42. The molecule has 1 unspecified atom stereocenters. The summed E-state index contributed by atoms with van der Waals surface area (Å²) in [5.41, 5.74) is 10.1. The summed E-state index contributed by atoms with van der Waals surface area (Å²) in [6.45, 7) is 15.1. The Bertz CT molecular complexity index is 1280. The van der Waals surface area contributed by atoms with Crippen LogP contribution in [-0.4, -0.2) is 31.3 Å². The molecule has 0 bridgehead atoms. The third-order valence-corrected chi connectivity index (χ3v) is 7.94. The highest BCUT2D eigenvalue weighted by atomic mass is 16.3. The number of nitrogens with one attached hydrogen (secondary N) is 1. The van der Waals surface area contributed by atoms with Crippen LogP contribution in [0.4, 0.5) is 17.1 Å². The van der Waals surface area contributed by atoms with Crippen LogP contribution in [0.2, 0.25) is 0 Å². The highest BCUT2D eigenvalue weighted by molar-refractivity contribution is 5.66. The Morgan fingerprint density at radius 3 is 2.42 bits per heavy atom. The fourth-order valence-corrected chi connectivity index (χ4v) is 5.95. The molecule has 0 spiro atoms. The Balaban J connectivity index is 1.33. The lowest BCUT2D eigenvalue weighted by Crippen LogP contribution is -2.46. The Morgan fingerprint density at radius 2 is 1.69 bits per heavy atom. The van der Waals surface area contributed by atoms with Gasteiger partial charge in [-0.05, 0) is 91.8 Å². The van der Waals surface area contributed by atoms with E-state index in [-0.39, 0.29) is 11.5 Å². The molecule has 0 saturated carbocycles. The van der Waals surface area contributed by atoms with Gasteiger partial charge in [0.05, 0.1) is 6.04 Å². The number of allylic oxidation sites excluding steroid dienone is 1. The average molecular weight is 482 g/mol. The van der Waals surface area contributed by atoms with Crippen molar-refractivity contribution in [3.8, 4) is 0 Å². The van der Waals surface area contributed by atoms with Gasteiger partial charge in [0, 0.05) is 48.8 Å². The van der Waals surface area contributed by atoms with E-state index in [2.05, 4.69) is 97.4 Å². The molecule has 2 aliphatic heterocycles. The number of hydrogen-bond donors (Lipinski definition) is 2. The van der Waals surface area contributed by atoms with Crippen molar-refractivity contribution in [1.29, 1.82) is 0 Å². The fraction of sp³-hybridized carbons (Fsp3) is 0.375. The van der Waals surface area contributed by atoms with E-state index in [0.717, 1.165) is 38.2 Å². The molecule has 3 aromatic rings. The van der Waals surface area contributed by atoms with Crippen molar-refractivity contribution in [3.05, 3.63) is 94.6 Å². The van der Waals surface area contributed by atoms with Crippen LogP contribution in [0.3, 0.4) is 0 Å². The molecule has 2 N–H and O–H groups in total. The van der Waals surface area contributed by atoms with Gasteiger partial charge in [-0.1, -0.05) is 43.7 Å². The van der Waals surface area contributed by atoms with Crippen LogP contribution in [0, 0.1) is 19.3 Å². The van der Waals surface area contributed by atoms with Crippen molar-refractivity contribution >= 4 is 22.8 Å². The van der Waals surface area contributed by atoms with E-state index >= 15 is 0 Å². The highest BCUT2D eigenvalue weighted by Gasteiger charge is 2.36. The number of rotatable bonds is 4. The van der Waals surface area contributed by atoms with Gasteiger partial charge in [0.25, 0.3) is 0 Å². The molecule has 2 aliphatic rings. The van der Waals surface area contributed by atoms with Crippen molar-refractivity contribution in [2.24, 2.45) is 5.41 Å².